The summed E-state index contributed by atoms with van der Waals surface area (Å²) in [6, 6.07) is 4.06. The summed E-state index contributed by atoms with van der Waals surface area (Å²) in [5.41, 5.74) is -0.279. The number of hydrogen-bond donors (Lipinski definition) is 1. The van der Waals surface area contributed by atoms with E-state index in [1.54, 1.807) is 6.07 Å². The molecule has 1 aromatic rings. The van der Waals surface area contributed by atoms with Gasteiger partial charge in [0.25, 0.3) is 0 Å². The number of carboxylic acids is 1. The molecule has 13 heavy (non-hydrogen) atoms. The number of halogens is 1. The van der Waals surface area contributed by atoms with Crippen LogP contribution < -0.4 is 0 Å². The maximum absolute atomic E-state index is 12.9. The molecule has 1 rings (SSSR count). The average molecular weight is 218 g/mol. The lowest BCUT2D eigenvalue weighted by atomic mass is 10.2. The van der Waals surface area contributed by atoms with Gasteiger partial charge in [0.05, 0.1) is 5.56 Å². The first-order valence-electron chi connectivity index (χ1n) is 3.38. The molecule has 0 unspecified atom stereocenters. The fourth-order valence-corrected chi connectivity index (χ4v) is 2.19. The third-order valence-electron chi connectivity index (χ3n) is 1.35. The normalized spacial score (nSPS) is 10.0. The molecule has 0 saturated carbocycles. The Morgan fingerprint density at radius 3 is 2.77 bits per heavy atom. The number of carboxylic acid groups (broad SMARTS) is 1. The summed E-state index contributed by atoms with van der Waals surface area (Å²) >= 11 is 0. The molecule has 0 aliphatic carbocycles. The Morgan fingerprint density at radius 2 is 2.23 bits per heavy atom. The van der Waals surface area contributed by atoms with E-state index in [9.17, 15) is 9.18 Å². The first kappa shape index (κ1) is 10.4. The zero-order valence-corrected chi connectivity index (χ0v) is 8.41. The molecule has 0 aliphatic heterocycles. The van der Waals surface area contributed by atoms with Crippen LogP contribution in [0.3, 0.4) is 0 Å². The highest BCUT2D eigenvalue weighted by Gasteiger charge is 2.10. The van der Waals surface area contributed by atoms with Crippen LogP contribution in [0.15, 0.2) is 23.1 Å². The lowest BCUT2D eigenvalue weighted by molar-refractivity contribution is 0.0691. The monoisotopic (exact) mass is 218 g/mol. The predicted octanol–water partition coefficient (Wildman–Crippen LogP) is 2.89. The third-order valence-corrected chi connectivity index (χ3v) is 3.04. The summed E-state index contributed by atoms with van der Waals surface area (Å²) in [5.74, 6) is -1.93. The molecule has 0 aromatic heterocycles. The first-order valence-corrected chi connectivity index (χ1v) is 5.94. The van der Waals surface area contributed by atoms with Gasteiger partial charge in [-0.05, 0) is 24.5 Å². The van der Waals surface area contributed by atoms with Crippen molar-refractivity contribution in [3.8, 4) is 0 Å². The van der Waals surface area contributed by atoms with Crippen molar-refractivity contribution in [2.75, 3.05) is 6.26 Å². The first-order chi connectivity index (χ1) is 6.15. The van der Waals surface area contributed by atoms with Crippen LogP contribution >= 0.6 is 21.6 Å². The van der Waals surface area contributed by atoms with E-state index < -0.39 is 11.8 Å². The van der Waals surface area contributed by atoms with Gasteiger partial charge in [-0.1, -0.05) is 21.6 Å². The zero-order chi connectivity index (χ0) is 9.84. The average Bonchev–Trinajstić information content (AvgIpc) is 2.08. The molecule has 70 valence electrons. The second-order valence-electron chi connectivity index (χ2n) is 2.20. The maximum Gasteiger partial charge on any atom is 0.338 e. The number of hydrogen-bond acceptors (Lipinski definition) is 3. The van der Waals surface area contributed by atoms with Gasteiger partial charge in [-0.2, -0.15) is 0 Å². The van der Waals surface area contributed by atoms with E-state index >= 15 is 0 Å². The molecule has 0 radical (unpaired) electrons. The molecule has 0 amide bonds. The van der Waals surface area contributed by atoms with Gasteiger partial charge in [0, 0.05) is 4.90 Å². The number of carbonyl (C=O) groups is 1. The van der Waals surface area contributed by atoms with Gasteiger partial charge >= 0.3 is 5.97 Å². The standard InChI is InChI=1S/C8H7FO2S2/c1-12-13-5-2-3-7(9)6(4-5)8(10)11/h2-4H,1H3,(H,10,11). The highest BCUT2D eigenvalue weighted by atomic mass is 33.1. The van der Waals surface area contributed by atoms with Crippen LogP contribution in [0.4, 0.5) is 4.39 Å². The lowest BCUT2D eigenvalue weighted by Gasteiger charge is -2.00. The van der Waals surface area contributed by atoms with Crippen molar-refractivity contribution in [3.05, 3.63) is 29.6 Å². The van der Waals surface area contributed by atoms with Crippen molar-refractivity contribution in [1.29, 1.82) is 0 Å². The van der Waals surface area contributed by atoms with E-state index in [4.69, 9.17) is 5.11 Å². The third kappa shape index (κ3) is 2.63. The van der Waals surface area contributed by atoms with Gasteiger partial charge in [0.2, 0.25) is 0 Å². The highest BCUT2D eigenvalue weighted by molar-refractivity contribution is 8.76. The van der Waals surface area contributed by atoms with E-state index in [0.29, 0.717) is 0 Å². The fourth-order valence-electron chi connectivity index (χ4n) is 0.816. The molecule has 0 fully saturated rings. The molecule has 0 saturated heterocycles. The Balaban J connectivity index is 3.04. The SMILES string of the molecule is CSSc1ccc(F)c(C(=O)O)c1. The summed E-state index contributed by atoms with van der Waals surface area (Å²) in [6.45, 7) is 0. The second-order valence-corrected chi connectivity index (χ2v) is 4.67. The minimum absolute atomic E-state index is 0.279. The molecule has 0 heterocycles. The molecule has 5 heteroatoms. The summed E-state index contributed by atoms with van der Waals surface area (Å²) in [4.78, 5) is 11.3. The summed E-state index contributed by atoms with van der Waals surface area (Å²) < 4.78 is 12.9. The van der Waals surface area contributed by atoms with Gasteiger partial charge in [-0.3, -0.25) is 0 Å². The zero-order valence-electron chi connectivity index (χ0n) is 6.78. The Bertz CT molecular complexity index is 328. The van der Waals surface area contributed by atoms with E-state index in [1.165, 1.54) is 33.7 Å². The van der Waals surface area contributed by atoms with Crippen molar-refractivity contribution in [3.63, 3.8) is 0 Å². The molecule has 0 spiro atoms. The molecule has 0 aliphatic rings. The Hall–Kier alpha value is -0.680. The summed E-state index contributed by atoms with van der Waals surface area (Å²) in [6.07, 6.45) is 1.87. The van der Waals surface area contributed by atoms with Crippen molar-refractivity contribution in [2.24, 2.45) is 0 Å². The van der Waals surface area contributed by atoms with E-state index in [2.05, 4.69) is 0 Å². The largest absolute Gasteiger partial charge is 0.478 e. The van der Waals surface area contributed by atoms with Gasteiger partial charge in [-0.15, -0.1) is 0 Å². The smallest absolute Gasteiger partial charge is 0.338 e. The minimum Gasteiger partial charge on any atom is -0.478 e. The predicted molar refractivity (Wildman–Crippen MR) is 52.7 cm³/mol. The topological polar surface area (TPSA) is 37.3 Å². The van der Waals surface area contributed by atoms with Crippen molar-refractivity contribution in [2.45, 2.75) is 4.90 Å². The van der Waals surface area contributed by atoms with E-state index in [0.717, 1.165) is 4.90 Å². The Kier molecular flexibility index (Phi) is 3.62. The van der Waals surface area contributed by atoms with E-state index in [1.807, 2.05) is 6.26 Å². The fraction of sp³-hybridized carbons (Fsp3) is 0.125. The highest BCUT2D eigenvalue weighted by Crippen LogP contribution is 2.29. The molecule has 1 N–H and O–H groups in total. The number of rotatable bonds is 3. The molecular weight excluding hydrogens is 211 g/mol. The van der Waals surface area contributed by atoms with Crippen LogP contribution in [-0.2, 0) is 0 Å². The molecule has 0 bridgehead atoms. The molecule has 0 atom stereocenters. The van der Waals surface area contributed by atoms with Gasteiger partial charge in [0.15, 0.2) is 0 Å². The van der Waals surface area contributed by atoms with E-state index in [-0.39, 0.29) is 5.56 Å². The summed E-state index contributed by atoms with van der Waals surface area (Å²) in [7, 11) is 2.88. The van der Waals surface area contributed by atoms with Crippen LogP contribution in [0.25, 0.3) is 0 Å². The lowest BCUT2D eigenvalue weighted by Crippen LogP contribution is -1.99. The summed E-state index contributed by atoms with van der Waals surface area (Å²) in [5, 5.41) is 8.60. The molecular formula is C8H7FO2S2. The number of aromatic carboxylic acids is 1. The van der Waals surface area contributed by atoms with Gasteiger partial charge < -0.3 is 5.11 Å². The van der Waals surface area contributed by atoms with Crippen molar-refractivity contribution < 1.29 is 14.3 Å². The van der Waals surface area contributed by atoms with Crippen molar-refractivity contribution >= 4 is 27.6 Å². The number of benzene rings is 1. The van der Waals surface area contributed by atoms with Gasteiger partial charge in [0.1, 0.15) is 5.82 Å². The van der Waals surface area contributed by atoms with Crippen LogP contribution in [0.5, 0.6) is 0 Å². The Labute approximate surface area is 82.9 Å². The molecule has 2 nitrogen and oxygen atoms in total. The van der Waals surface area contributed by atoms with Crippen LogP contribution in [0.1, 0.15) is 10.4 Å². The van der Waals surface area contributed by atoms with Crippen LogP contribution in [0.2, 0.25) is 0 Å². The molecule has 1 aromatic carbocycles. The van der Waals surface area contributed by atoms with Gasteiger partial charge in [-0.25, -0.2) is 9.18 Å². The maximum atomic E-state index is 12.9. The van der Waals surface area contributed by atoms with Crippen molar-refractivity contribution in [1.82, 2.24) is 0 Å². The van der Waals surface area contributed by atoms with Crippen LogP contribution in [0, 0.1) is 5.82 Å². The minimum atomic E-state index is -1.24. The quantitative estimate of drug-likeness (QED) is 0.791. The van der Waals surface area contributed by atoms with Crippen LogP contribution in [-0.4, -0.2) is 17.3 Å². The second kappa shape index (κ2) is 4.53. The Morgan fingerprint density at radius 1 is 1.54 bits per heavy atom.